The van der Waals surface area contributed by atoms with Crippen molar-refractivity contribution in [3.05, 3.63) is 59.7 Å². The summed E-state index contributed by atoms with van der Waals surface area (Å²) in [4.78, 5) is 4.85. The number of hydrogen-bond acceptors (Lipinski definition) is 1. The molecule has 0 spiro atoms. The summed E-state index contributed by atoms with van der Waals surface area (Å²) >= 11 is 2.13. The van der Waals surface area contributed by atoms with Crippen LogP contribution in [0.3, 0.4) is 0 Å². The second-order valence-corrected chi connectivity index (χ2v) is 6.15. The van der Waals surface area contributed by atoms with Gasteiger partial charge in [-0.3, -0.25) is 0 Å². The number of fused-ring (bicyclic) bond motifs is 1. The van der Waals surface area contributed by atoms with Gasteiger partial charge >= 0.3 is 124 Å². The summed E-state index contributed by atoms with van der Waals surface area (Å²) in [6, 6.07) is 17.2. The zero-order valence-electron chi connectivity index (χ0n) is 10.9. The van der Waals surface area contributed by atoms with Gasteiger partial charge in [-0.2, -0.15) is 0 Å². The van der Waals surface area contributed by atoms with Crippen molar-refractivity contribution in [2.45, 2.75) is 13.8 Å². The summed E-state index contributed by atoms with van der Waals surface area (Å²) in [5.41, 5.74) is 5.87. The van der Waals surface area contributed by atoms with Crippen LogP contribution in [0, 0.1) is 13.8 Å². The predicted octanol–water partition coefficient (Wildman–Crippen LogP) is 3.69. The molecule has 2 heteroatoms. The Hall–Kier alpha value is -1.50. The molecule has 96 valence electrons. The van der Waals surface area contributed by atoms with Crippen LogP contribution >= 0.6 is 0 Å². The standard InChI is InChI=1S/C17H14N.Ir/c1-12-4-3-5-15(10-12)16-9-8-14-7-6-13(2)11-17(14)18-16;/h3-8,10-11H,1-2H3;. The van der Waals surface area contributed by atoms with E-state index in [1.807, 2.05) is 0 Å². The molecule has 0 saturated carbocycles. The SMILES string of the molecule is Cc1cccc(-c2nc3cc(C)ccc3c[c]2[Ir])c1. The van der Waals surface area contributed by atoms with Gasteiger partial charge in [0.05, 0.1) is 0 Å². The molecule has 0 unspecified atom stereocenters. The molecule has 1 aromatic heterocycles. The van der Waals surface area contributed by atoms with Crippen molar-refractivity contribution in [1.82, 2.24) is 4.98 Å². The molecule has 0 N–H and O–H groups in total. The molecular formula is C17H14IrN. The fourth-order valence-electron chi connectivity index (χ4n) is 2.23. The van der Waals surface area contributed by atoms with Crippen LogP contribution in [0.15, 0.2) is 48.5 Å². The topological polar surface area (TPSA) is 12.9 Å². The number of pyridine rings is 1. The molecule has 1 heterocycles. The van der Waals surface area contributed by atoms with Crippen LogP contribution in [0.25, 0.3) is 22.2 Å². The third kappa shape index (κ3) is 2.47. The minimum absolute atomic E-state index is 1.07. The van der Waals surface area contributed by atoms with Crippen molar-refractivity contribution in [2.24, 2.45) is 0 Å². The van der Waals surface area contributed by atoms with Gasteiger partial charge < -0.3 is 0 Å². The molecule has 3 aromatic rings. The molecule has 0 saturated heterocycles. The van der Waals surface area contributed by atoms with Crippen LogP contribution in [0.2, 0.25) is 0 Å². The van der Waals surface area contributed by atoms with Gasteiger partial charge in [0.15, 0.2) is 0 Å². The first kappa shape index (κ1) is 12.5. The van der Waals surface area contributed by atoms with Crippen LogP contribution in [0.1, 0.15) is 11.1 Å². The zero-order chi connectivity index (χ0) is 13.4. The van der Waals surface area contributed by atoms with Crippen molar-refractivity contribution in [1.29, 1.82) is 0 Å². The first-order chi connectivity index (χ1) is 9.13. The molecule has 0 aliphatic carbocycles. The summed E-state index contributed by atoms with van der Waals surface area (Å²) in [7, 11) is 0. The second kappa shape index (κ2) is 4.88. The average molecular weight is 425 g/mol. The Morgan fingerprint density at radius 1 is 0.895 bits per heavy atom. The Labute approximate surface area is 123 Å². The first-order valence-electron chi connectivity index (χ1n) is 6.25. The van der Waals surface area contributed by atoms with Crippen LogP contribution < -0.4 is 4.08 Å². The number of benzene rings is 2. The number of rotatable bonds is 1. The molecule has 0 atom stereocenters. The molecule has 0 bridgehead atoms. The van der Waals surface area contributed by atoms with Gasteiger partial charge in [0.25, 0.3) is 0 Å². The number of aryl methyl sites for hydroxylation is 2. The van der Waals surface area contributed by atoms with E-state index in [2.05, 4.69) is 81.3 Å². The minimum atomic E-state index is 1.07. The fraction of sp³-hybridized carbons (Fsp3) is 0.118. The molecule has 0 aliphatic rings. The van der Waals surface area contributed by atoms with Crippen LogP contribution in [-0.4, -0.2) is 4.98 Å². The normalized spacial score (nSPS) is 10.9. The van der Waals surface area contributed by atoms with Gasteiger partial charge in [0, 0.05) is 0 Å². The third-order valence-electron chi connectivity index (χ3n) is 3.20. The van der Waals surface area contributed by atoms with Crippen LogP contribution in [-0.2, 0) is 18.9 Å². The van der Waals surface area contributed by atoms with E-state index < -0.39 is 0 Å². The maximum absolute atomic E-state index is 4.85. The van der Waals surface area contributed by atoms with Crippen LogP contribution in [0.5, 0.6) is 0 Å². The molecule has 3 rings (SSSR count). The van der Waals surface area contributed by atoms with E-state index in [0.29, 0.717) is 0 Å². The van der Waals surface area contributed by atoms with Gasteiger partial charge in [0.2, 0.25) is 0 Å². The van der Waals surface area contributed by atoms with E-state index in [0.717, 1.165) is 11.2 Å². The van der Waals surface area contributed by atoms with Gasteiger partial charge in [-0.15, -0.1) is 0 Å². The van der Waals surface area contributed by atoms with E-state index in [1.54, 1.807) is 0 Å². The van der Waals surface area contributed by atoms with Gasteiger partial charge in [-0.1, -0.05) is 0 Å². The Kier molecular flexibility index (Phi) is 3.22. The summed E-state index contributed by atoms with van der Waals surface area (Å²) in [6.45, 7) is 4.22. The van der Waals surface area contributed by atoms with E-state index in [1.165, 1.54) is 26.2 Å². The van der Waals surface area contributed by atoms with E-state index in [9.17, 15) is 0 Å². The Morgan fingerprint density at radius 2 is 1.68 bits per heavy atom. The Morgan fingerprint density at radius 3 is 2.47 bits per heavy atom. The third-order valence-corrected chi connectivity index (χ3v) is 4.11. The van der Waals surface area contributed by atoms with E-state index in [-0.39, 0.29) is 0 Å². The van der Waals surface area contributed by atoms with Gasteiger partial charge in [-0.25, -0.2) is 0 Å². The Bertz CT molecular complexity index is 762. The van der Waals surface area contributed by atoms with E-state index in [4.69, 9.17) is 4.98 Å². The first-order valence-corrected chi connectivity index (χ1v) is 7.45. The molecular weight excluding hydrogens is 410 g/mol. The fourth-order valence-corrected chi connectivity index (χ4v) is 3.08. The van der Waals surface area contributed by atoms with Crippen molar-refractivity contribution in [3.63, 3.8) is 0 Å². The molecule has 1 nitrogen and oxygen atoms in total. The zero-order valence-corrected chi connectivity index (χ0v) is 13.3. The number of nitrogens with zero attached hydrogens (tertiary/aromatic N) is 1. The molecule has 2 aromatic carbocycles. The summed E-state index contributed by atoms with van der Waals surface area (Å²) in [5.74, 6) is 0. The predicted molar refractivity (Wildman–Crippen MR) is 76.3 cm³/mol. The van der Waals surface area contributed by atoms with Crippen molar-refractivity contribution < 1.29 is 18.9 Å². The second-order valence-electron chi connectivity index (χ2n) is 4.86. The summed E-state index contributed by atoms with van der Waals surface area (Å²) in [6.07, 6.45) is 0. The van der Waals surface area contributed by atoms with E-state index >= 15 is 0 Å². The number of hydrogen-bond donors (Lipinski definition) is 0. The monoisotopic (exact) mass is 425 g/mol. The molecule has 0 amide bonds. The molecule has 0 aliphatic heterocycles. The maximum atomic E-state index is 4.85. The van der Waals surface area contributed by atoms with Crippen LogP contribution in [0.4, 0.5) is 0 Å². The quantitative estimate of drug-likeness (QED) is 0.581. The van der Waals surface area contributed by atoms with Crippen molar-refractivity contribution in [3.8, 4) is 11.3 Å². The molecule has 0 fully saturated rings. The summed E-state index contributed by atoms with van der Waals surface area (Å²) in [5, 5.41) is 1.21. The molecule has 0 radical (unpaired) electrons. The molecule has 19 heavy (non-hydrogen) atoms. The Balaban J connectivity index is 2.26. The number of aromatic nitrogens is 1. The van der Waals surface area contributed by atoms with Gasteiger partial charge in [0.1, 0.15) is 0 Å². The summed E-state index contributed by atoms with van der Waals surface area (Å²) < 4.78 is 1.22. The van der Waals surface area contributed by atoms with Crippen molar-refractivity contribution >= 4 is 15.0 Å². The average Bonchev–Trinajstić information content (AvgIpc) is 2.38. The van der Waals surface area contributed by atoms with Gasteiger partial charge in [-0.05, 0) is 0 Å². The van der Waals surface area contributed by atoms with Crippen molar-refractivity contribution in [2.75, 3.05) is 0 Å².